The van der Waals surface area contributed by atoms with Crippen molar-refractivity contribution in [3.63, 3.8) is 0 Å². The molecule has 0 bridgehead atoms. The van der Waals surface area contributed by atoms with Crippen LogP contribution in [0.3, 0.4) is 0 Å². The van der Waals surface area contributed by atoms with E-state index in [4.69, 9.17) is 4.74 Å². The molecule has 24 heavy (non-hydrogen) atoms. The first-order valence-electron chi connectivity index (χ1n) is 7.32. The van der Waals surface area contributed by atoms with Crippen LogP contribution in [0.1, 0.15) is 5.56 Å². The van der Waals surface area contributed by atoms with E-state index >= 15 is 0 Å². The first kappa shape index (κ1) is 15.9. The third-order valence-electron chi connectivity index (χ3n) is 3.39. The van der Waals surface area contributed by atoms with Crippen LogP contribution in [0.25, 0.3) is 0 Å². The molecule has 3 aromatic rings. The molecule has 0 aliphatic carbocycles. The molecule has 1 aromatic heterocycles. The Balaban J connectivity index is 1.74. The molecule has 0 aliphatic rings. The number of anilines is 1. The van der Waals surface area contributed by atoms with Crippen LogP contribution in [-0.2, 0) is 6.54 Å². The Morgan fingerprint density at radius 2 is 1.75 bits per heavy atom. The monoisotopic (exact) mass is 327 g/mol. The van der Waals surface area contributed by atoms with Gasteiger partial charge in [-0.25, -0.2) is 18.7 Å². The highest BCUT2D eigenvalue weighted by Crippen LogP contribution is 2.24. The maximum Gasteiger partial charge on any atom is 0.224 e. The van der Waals surface area contributed by atoms with E-state index in [0.717, 1.165) is 17.7 Å². The number of hydrogen-bond donors (Lipinski definition) is 0. The first-order chi connectivity index (χ1) is 11.6. The number of benzene rings is 2. The van der Waals surface area contributed by atoms with E-state index in [1.165, 1.54) is 12.4 Å². The lowest BCUT2D eigenvalue weighted by atomic mass is 10.2. The Hall–Kier alpha value is -3.02. The van der Waals surface area contributed by atoms with Crippen LogP contribution >= 0.6 is 0 Å². The lowest BCUT2D eigenvalue weighted by Crippen LogP contribution is -2.17. The summed E-state index contributed by atoms with van der Waals surface area (Å²) >= 11 is 0. The highest BCUT2D eigenvalue weighted by molar-refractivity contribution is 5.42. The van der Waals surface area contributed by atoms with Crippen LogP contribution in [0.2, 0.25) is 0 Å². The maximum absolute atomic E-state index is 13.2. The molecule has 3 rings (SSSR count). The van der Waals surface area contributed by atoms with E-state index in [1.807, 2.05) is 42.3 Å². The summed E-state index contributed by atoms with van der Waals surface area (Å²) in [5.41, 5.74) is 1.14. The summed E-state index contributed by atoms with van der Waals surface area (Å²) < 4.78 is 31.7. The van der Waals surface area contributed by atoms with Gasteiger partial charge in [-0.05, 0) is 17.7 Å². The zero-order chi connectivity index (χ0) is 16.9. The average molecular weight is 327 g/mol. The van der Waals surface area contributed by atoms with Crippen molar-refractivity contribution in [1.82, 2.24) is 9.97 Å². The molecule has 0 saturated heterocycles. The van der Waals surface area contributed by atoms with Gasteiger partial charge in [-0.1, -0.05) is 30.3 Å². The standard InChI is InChI=1S/C18H15F2N3O/c1-23(11-13-5-3-2-4-6-13)17-10-18(22-12-21-17)24-14-7-8-15(19)16(20)9-14/h2-10,12H,11H2,1H3. The van der Waals surface area contributed by atoms with Gasteiger partial charge in [0, 0.05) is 25.7 Å². The maximum atomic E-state index is 13.2. The Morgan fingerprint density at radius 3 is 2.50 bits per heavy atom. The van der Waals surface area contributed by atoms with E-state index < -0.39 is 11.6 Å². The van der Waals surface area contributed by atoms with E-state index in [0.29, 0.717) is 12.4 Å². The number of halogens is 2. The summed E-state index contributed by atoms with van der Waals surface area (Å²) in [6, 6.07) is 14.9. The van der Waals surface area contributed by atoms with Crippen LogP contribution in [0.5, 0.6) is 11.6 Å². The lowest BCUT2D eigenvalue weighted by Gasteiger charge is -2.18. The molecule has 0 aliphatic heterocycles. The molecule has 2 aromatic carbocycles. The normalized spacial score (nSPS) is 10.5. The molecular weight excluding hydrogens is 312 g/mol. The molecule has 0 atom stereocenters. The molecule has 122 valence electrons. The summed E-state index contributed by atoms with van der Waals surface area (Å²) in [5.74, 6) is -0.807. The number of ether oxygens (including phenoxy) is 1. The smallest absolute Gasteiger partial charge is 0.224 e. The Bertz CT molecular complexity index is 828. The molecule has 0 unspecified atom stereocenters. The predicted octanol–water partition coefficient (Wildman–Crippen LogP) is 4.18. The van der Waals surface area contributed by atoms with E-state index in [2.05, 4.69) is 9.97 Å². The van der Waals surface area contributed by atoms with Crippen molar-refractivity contribution in [1.29, 1.82) is 0 Å². The van der Waals surface area contributed by atoms with Gasteiger partial charge in [-0.15, -0.1) is 0 Å². The summed E-state index contributed by atoms with van der Waals surface area (Å²) in [6.45, 7) is 0.669. The molecule has 0 spiro atoms. The molecule has 0 fully saturated rings. The van der Waals surface area contributed by atoms with Crippen LogP contribution < -0.4 is 9.64 Å². The quantitative estimate of drug-likeness (QED) is 0.704. The van der Waals surface area contributed by atoms with Crippen molar-refractivity contribution in [2.24, 2.45) is 0 Å². The van der Waals surface area contributed by atoms with Gasteiger partial charge in [-0.3, -0.25) is 0 Å². The van der Waals surface area contributed by atoms with Crippen molar-refractivity contribution in [2.75, 3.05) is 11.9 Å². The van der Waals surface area contributed by atoms with Gasteiger partial charge < -0.3 is 9.64 Å². The molecule has 0 amide bonds. The van der Waals surface area contributed by atoms with Crippen molar-refractivity contribution in [2.45, 2.75) is 6.54 Å². The summed E-state index contributed by atoms with van der Waals surface area (Å²) in [6.07, 6.45) is 1.37. The van der Waals surface area contributed by atoms with E-state index in [9.17, 15) is 8.78 Å². The van der Waals surface area contributed by atoms with Gasteiger partial charge in [0.25, 0.3) is 0 Å². The zero-order valence-corrected chi connectivity index (χ0v) is 13.0. The molecule has 6 heteroatoms. The number of aromatic nitrogens is 2. The fraction of sp³-hybridized carbons (Fsp3) is 0.111. The molecule has 4 nitrogen and oxygen atoms in total. The second kappa shape index (κ2) is 7.04. The van der Waals surface area contributed by atoms with Crippen molar-refractivity contribution in [3.8, 4) is 11.6 Å². The highest BCUT2D eigenvalue weighted by Gasteiger charge is 2.08. The minimum atomic E-state index is -0.969. The number of rotatable bonds is 5. The fourth-order valence-electron chi connectivity index (χ4n) is 2.19. The van der Waals surface area contributed by atoms with Gasteiger partial charge in [0.05, 0.1) is 0 Å². The van der Waals surface area contributed by atoms with Crippen molar-refractivity contribution < 1.29 is 13.5 Å². The Labute approximate surface area is 138 Å². The van der Waals surface area contributed by atoms with Gasteiger partial charge >= 0.3 is 0 Å². The topological polar surface area (TPSA) is 38.2 Å². The Morgan fingerprint density at radius 1 is 0.958 bits per heavy atom. The molecular formula is C18H15F2N3O. The second-order valence-corrected chi connectivity index (χ2v) is 5.23. The number of nitrogens with zero attached hydrogens (tertiary/aromatic N) is 3. The third kappa shape index (κ3) is 3.84. The van der Waals surface area contributed by atoms with Gasteiger partial charge in [0.15, 0.2) is 11.6 Å². The van der Waals surface area contributed by atoms with Crippen LogP contribution in [-0.4, -0.2) is 17.0 Å². The van der Waals surface area contributed by atoms with Crippen LogP contribution in [0, 0.1) is 11.6 Å². The summed E-state index contributed by atoms with van der Waals surface area (Å²) in [4.78, 5) is 10.1. The third-order valence-corrected chi connectivity index (χ3v) is 3.39. The van der Waals surface area contributed by atoms with Crippen molar-refractivity contribution >= 4 is 5.82 Å². The molecule has 0 N–H and O–H groups in total. The SMILES string of the molecule is CN(Cc1ccccc1)c1cc(Oc2ccc(F)c(F)c2)ncn1. The minimum Gasteiger partial charge on any atom is -0.439 e. The summed E-state index contributed by atoms with van der Waals surface area (Å²) in [5, 5.41) is 0. The summed E-state index contributed by atoms with van der Waals surface area (Å²) in [7, 11) is 1.90. The predicted molar refractivity (Wildman–Crippen MR) is 87.0 cm³/mol. The zero-order valence-electron chi connectivity index (χ0n) is 13.0. The second-order valence-electron chi connectivity index (χ2n) is 5.23. The van der Waals surface area contributed by atoms with Gasteiger partial charge in [0.1, 0.15) is 17.9 Å². The first-order valence-corrected chi connectivity index (χ1v) is 7.32. The van der Waals surface area contributed by atoms with Gasteiger partial charge in [-0.2, -0.15) is 0 Å². The fourth-order valence-corrected chi connectivity index (χ4v) is 2.19. The van der Waals surface area contributed by atoms with E-state index in [-0.39, 0.29) is 11.6 Å². The van der Waals surface area contributed by atoms with Crippen LogP contribution in [0.15, 0.2) is 60.9 Å². The average Bonchev–Trinajstić information content (AvgIpc) is 2.59. The lowest BCUT2D eigenvalue weighted by molar-refractivity contribution is 0.446. The highest BCUT2D eigenvalue weighted by atomic mass is 19.2. The van der Waals surface area contributed by atoms with Crippen molar-refractivity contribution in [3.05, 3.63) is 78.1 Å². The minimum absolute atomic E-state index is 0.171. The van der Waals surface area contributed by atoms with E-state index in [1.54, 1.807) is 6.07 Å². The molecule has 1 heterocycles. The molecule has 0 saturated carbocycles. The van der Waals surface area contributed by atoms with Gasteiger partial charge in [0.2, 0.25) is 5.88 Å². The molecule has 0 radical (unpaired) electrons. The largest absolute Gasteiger partial charge is 0.439 e. The van der Waals surface area contributed by atoms with Crippen LogP contribution in [0.4, 0.5) is 14.6 Å². The number of hydrogen-bond acceptors (Lipinski definition) is 4. The Kier molecular flexibility index (Phi) is 4.65.